The van der Waals surface area contributed by atoms with Crippen LogP contribution in [0.5, 0.6) is 0 Å². The third-order valence-electron chi connectivity index (χ3n) is 7.33. The zero-order valence-corrected chi connectivity index (χ0v) is 19.9. The molecular weight excluding hydrogens is 414 g/mol. The van der Waals surface area contributed by atoms with Crippen LogP contribution in [-0.2, 0) is 9.53 Å². The molecule has 2 saturated heterocycles. The molecule has 180 valence electrons. The van der Waals surface area contributed by atoms with Crippen molar-refractivity contribution in [1.29, 1.82) is 0 Å². The monoisotopic (exact) mass is 453 g/mol. The van der Waals surface area contributed by atoms with Gasteiger partial charge >= 0.3 is 0 Å². The van der Waals surface area contributed by atoms with Gasteiger partial charge in [-0.25, -0.2) is 0 Å². The molecular formula is C27H39N3O3. The van der Waals surface area contributed by atoms with E-state index in [2.05, 4.69) is 47.2 Å². The Bertz CT molecular complexity index is 838. The van der Waals surface area contributed by atoms with Crippen LogP contribution in [-0.4, -0.2) is 79.4 Å². The minimum atomic E-state index is -0.547. The summed E-state index contributed by atoms with van der Waals surface area (Å²) in [5.74, 6) is 1.69. The van der Waals surface area contributed by atoms with Gasteiger partial charge in [-0.1, -0.05) is 37.0 Å². The van der Waals surface area contributed by atoms with Gasteiger partial charge in [0.15, 0.2) is 0 Å². The summed E-state index contributed by atoms with van der Waals surface area (Å²) in [4.78, 5) is 17.2. The molecule has 0 bridgehead atoms. The number of piperidine rings is 1. The van der Waals surface area contributed by atoms with Gasteiger partial charge in [-0.3, -0.25) is 4.79 Å². The van der Waals surface area contributed by atoms with Gasteiger partial charge in [-0.05, 0) is 56.2 Å². The molecule has 3 aliphatic heterocycles. The van der Waals surface area contributed by atoms with Gasteiger partial charge in [0.05, 0.1) is 12.7 Å². The van der Waals surface area contributed by atoms with Crippen LogP contribution < -0.4 is 5.32 Å². The molecule has 0 aromatic rings. The predicted molar refractivity (Wildman–Crippen MR) is 131 cm³/mol. The molecule has 2 N–H and O–H groups in total. The molecule has 2 fully saturated rings. The maximum atomic E-state index is 13.1. The molecule has 0 aromatic heterocycles. The number of aliphatic hydroxyl groups excluding tert-OH is 1. The Morgan fingerprint density at radius 1 is 1.27 bits per heavy atom. The van der Waals surface area contributed by atoms with Gasteiger partial charge in [0.25, 0.3) is 5.91 Å². The zero-order chi connectivity index (χ0) is 23.2. The third-order valence-corrected chi connectivity index (χ3v) is 7.33. The highest BCUT2D eigenvalue weighted by atomic mass is 16.5. The van der Waals surface area contributed by atoms with Gasteiger partial charge in [0.2, 0.25) is 0 Å². The predicted octanol–water partition coefficient (Wildman–Crippen LogP) is 2.66. The average molecular weight is 454 g/mol. The van der Waals surface area contributed by atoms with E-state index in [1.807, 2.05) is 6.92 Å². The quantitative estimate of drug-likeness (QED) is 0.562. The lowest BCUT2D eigenvalue weighted by Gasteiger charge is -2.38. The number of fused-ring (bicyclic) bond motifs is 1. The number of amides is 1. The first kappa shape index (κ1) is 24.0. The summed E-state index contributed by atoms with van der Waals surface area (Å²) in [5, 5.41) is 14.2. The number of likely N-dealkylation sites (tertiary alicyclic amines) is 1. The van der Waals surface area contributed by atoms with Crippen molar-refractivity contribution in [3.05, 3.63) is 59.9 Å². The highest BCUT2D eigenvalue weighted by Gasteiger charge is 2.30. The Morgan fingerprint density at radius 3 is 2.85 bits per heavy atom. The minimum absolute atomic E-state index is 0.0300. The van der Waals surface area contributed by atoms with E-state index < -0.39 is 6.10 Å². The summed E-state index contributed by atoms with van der Waals surface area (Å²) >= 11 is 0. The molecule has 6 heteroatoms. The molecule has 0 saturated carbocycles. The van der Waals surface area contributed by atoms with Crippen molar-refractivity contribution in [2.75, 3.05) is 52.5 Å². The molecule has 4 aliphatic rings. The third kappa shape index (κ3) is 6.25. The number of carbonyl (C=O) groups is 1. The molecule has 0 spiro atoms. The van der Waals surface area contributed by atoms with Crippen LogP contribution in [0.4, 0.5) is 0 Å². The fourth-order valence-electron chi connectivity index (χ4n) is 5.41. The molecule has 4 atom stereocenters. The van der Waals surface area contributed by atoms with Crippen LogP contribution in [0, 0.1) is 17.8 Å². The smallest absolute Gasteiger partial charge is 0.254 e. The second-order valence-corrected chi connectivity index (χ2v) is 9.88. The Balaban J connectivity index is 1.29. The van der Waals surface area contributed by atoms with Crippen LogP contribution in [0.2, 0.25) is 0 Å². The van der Waals surface area contributed by atoms with Gasteiger partial charge in [0.1, 0.15) is 0 Å². The highest BCUT2D eigenvalue weighted by Crippen LogP contribution is 2.29. The van der Waals surface area contributed by atoms with E-state index >= 15 is 0 Å². The summed E-state index contributed by atoms with van der Waals surface area (Å²) < 4.78 is 5.44. The van der Waals surface area contributed by atoms with E-state index in [0.717, 1.165) is 63.4 Å². The lowest BCUT2D eigenvalue weighted by Crippen LogP contribution is -2.48. The number of β-amino-alcohol motifs (C(OH)–C–C–N with tert-alkyl or cyclic N) is 1. The minimum Gasteiger partial charge on any atom is -0.390 e. The highest BCUT2D eigenvalue weighted by molar-refractivity contribution is 5.98. The number of nitrogens with zero attached hydrogens (tertiary/aromatic N) is 2. The molecule has 6 nitrogen and oxygen atoms in total. The Morgan fingerprint density at radius 2 is 2.09 bits per heavy atom. The second-order valence-electron chi connectivity index (χ2n) is 9.88. The SMILES string of the molecule is C=CC1=C(/C=C(\C)NCC2CCOC2)CCN(C[C@H](O)CN2CCC3C=CC=CC3C2)C1=O. The van der Waals surface area contributed by atoms with E-state index in [0.29, 0.717) is 43.0 Å². The number of allylic oxidation sites excluding steroid dienone is 5. The summed E-state index contributed by atoms with van der Waals surface area (Å²) in [7, 11) is 0. The van der Waals surface area contributed by atoms with Crippen molar-refractivity contribution in [2.24, 2.45) is 17.8 Å². The van der Waals surface area contributed by atoms with E-state index in [-0.39, 0.29) is 5.91 Å². The second kappa shape index (κ2) is 11.3. The number of aliphatic hydroxyl groups is 1. The van der Waals surface area contributed by atoms with Crippen LogP contribution in [0.3, 0.4) is 0 Å². The first-order chi connectivity index (χ1) is 16.0. The fraction of sp³-hybridized carbons (Fsp3) is 0.593. The van der Waals surface area contributed by atoms with Crippen molar-refractivity contribution in [1.82, 2.24) is 15.1 Å². The Hall–Kier alpha value is -2.15. The number of ether oxygens (including phenoxy) is 1. The lowest BCUT2D eigenvalue weighted by molar-refractivity contribution is -0.129. The van der Waals surface area contributed by atoms with Crippen molar-refractivity contribution in [3.8, 4) is 0 Å². The Labute approximate surface area is 198 Å². The van der Waals surface area contributed by atoms with E-state index in [9.17, 15) is 9.90 Å². The van der Waals surface area contributed by atoms with Gasteiger partial charge in [-0.15, -0.1) is 0 Å². The number of nitrogens with one attached hydrogen (secondary N) is 1. The van der Waals surface area contributed by atoms with Gasteiger partial charge in [-0.2, -0.15) is 0 Å². The van der Waals surface area contributed by atoms with E-state index in [1.54, 1.807) is 11.0 Å². The van der Waals surface area contributed by atoms with E-state index in [1.165, 1.54) is 0 Å². The molecule has 0 radical (unpaired) electrons. The largest absolute Gasteiger partial charge is 0.390 e. The van der Waals surface area contributed by atoms with Crippen molar-refractivity contribution < 1.29 is 14.6 Å². The molecule has 1 aliphatic carbocycles. The molecule has 1 amide bonds. The van der Waals surface area contributed by atoms with Crippen molar-refractivity contribution >= 4 is 5.91 Å². The molecule has 4 rings (SSSR count). The molecule has 3 unspecified atom stereocenters. The lowest BCUT2D eigenvalue weighted by atomic mass is 9.82. The van der Waals surface area contributed by atoms with Crippen LogP contribution in [0.1, 0.15) is 26.2 Å². The van der Waals surface area contributed by atoms with Crippen LogP contribution >= 0.6 is 0 Å². The molecule has 33 heavy (non-hydrogen) atoms. The standard InChI is InChI=1S/C27H39N3O3/c1-3-26-23(14-20(2)28-15-21-10-13-33-19-21)9-12-30(27(26)32)18-25(31)17-29-11-8-22-6-4-5-7-24(22)16-29/h3-7,14,21-22,24-25,28,31H,1,8-13,15-19H2,2H3/b20-14+/t21?,22?,24?,25-/m1/s1. The summed E-state index contributed by atoms with van der Waals surface area (Å²) in [5.41, 5.74) is 2.74. The van der Waals surface area contributed by atoms with Crippen LogP contribution in [0.15, 0.2) is 59.9 Å². The van der Waals surface area contributed by atoms with E-state index in [4.69, 9.17) is 4.74 Å². The maximum absolute atomic E-state index is 13.1. The van der Waals surface area contributed by atoms with Crippen LogP contribution in [0.25, 0.3) is 0 Å². The summed E-state index contributed by atoms with van der Waals surface area (Å²) in [6.07, 6.45) is 15.1. The first-order valence-electron chi connectivity index (χ1n) is 12.4. The number of hydrogen-bond acceptors (Lipinski definition) is 5. The average Bonchev–Trinajstić information content (AvgIpc) is 3.33. The fourth-order valence-corrected chi connectivity index (χ4v) is 5.41. The summed E-state index contributed by atoms with van der Waals surface area (Å²) in [6, 6.07) is 0. The topological polar surface area (TPSA) is 65.0 Å². The zero-order valence-electron chi connectivity index (χ0n) is 19.9. The number of hydrogen-bond donors (Lipinski definition) is 2. The first-order valence-corrected chi connectivity index (χ1v) is 12.4. The van der Waals surface area contributed by atoms with Crippen molar-refractivity contribution in [2.45, 2.75) is 32.3 Å². The number of rotatable bonds is 9. The molecule has 0 aromatic carbocycles. The summed E-state index contributed by atoms with van der Waals surface area (Å²) in [6.45, 7) is 12.1. The molecule has 3 heterocycles. The van der Waals surface area contributed by atoms with Crippen molar-refractivity contribution in [3.63, 3.8) is 0 Å². The number of carbonyl (C=O) groups excluding carboxylic acids is 1. The Kier molecular flexibility index (Phi) is 8.23. The maximum Gasteiger partial charge on any atom is 0.254 e. The van der Waals surface area contributed by atoms with Gasteiger partial charge in [0, 0.05) is 56.5 Å². The van der Waals surface area contributed by atoms with Gasteiger partial charge < -0.3 is 25.0 Å². The normalized spacial score (nSPS) is 29.4.